The molecule has 2 nitrogen and oxygen atoms in total. The van der Waals surface area contributed by atoms with E-state index in [1.54, 1.807) is 0 Å². The van der Waals surface area contributed by atoms with Crippen LogP contribution in [0.2, 0.25) is 0 Å². The predicted molar refractivity (Wildman–Crippen MR) is 36.0 cm³/mol. The van der Waals surface area contributed by atoms with Crippen LogP contribution in [0.4, 0.5) is 0 Å². The highest BCUT2D eigenvalue weighted by molar-refractivity contribution is 4.69. The average Bonchev–Trinajstić information content (AvgIpc) is 1.96. The highest BCUT2D eigenvalue weighted by Gasteiger charge is 1.95. The van der Waals surface area contributed by atoms with Crippen LogP contribution in [0.3, 0.4) is 0 Å². The second kappa shape index (κ2) is 10.4. The molecule has 1 aliphatic carbocycles. The van der Waals surface area contributed by atoms with E-state index in [1.807, 2.05) is 0 Å². The summed E-state index contributed by atoms with van der Waals surface area (Å²) in [5.41, 5.74) is 0. The molecule has 0 aromatic carbocycles. The van der Waals surface area contributed by atoms with Gasteiger partial charge in [0.25, 0.3) is 0 Å². The molecule has 0 aromatic heterocycles. The zero-order valence-corrected chi connectivity index (χ0v) is 5.58. The summed E-state index contributed by atoms with van der Waals surface area (Å²) in [5, 5.41) is 6.50. The number of rotatable bonds is 0. The molecule has 1 N–H and O–H groups in total. The molecule has 0 aliphatic heterocycles. The van der Waals surface area contributed by atoms with Crippen LogP contribution in [0.5, 0.6) is 0 Å². The van der Waals surface area contributed by atoms with E-state index in [0.29, 0.717) is 0 Å². The highest BCUT2D eigenvalue weighted by Crippen LogP contribution is 2.14. The minimum atomic E-state index is 0. The van der Waals surface area contributed by atoms with Gasteiger partial charge in [0.1, 0.15) is 0 Å². The van der Waals surface area contributed by atoms with Crippen molar-refractivity contribution >= 4 is 0 Å². The lowest BCUT2D eigenvalue weighted by Gasteiger charge is -2.05. The molecule has 1 fully saturated rings. The Morgan fingerprint density at radius 2 is 1.44 bits per heavy atom. The molecule has 1 rings (SSSR count). The van der Waals surface area contributed by atoms with Gasteiger partial charge in [-0.3, -0.25) is 5.48 Å². The maximum Gasteiger partial charge on any atom is 0.0462 e. The Kier molecular flexibility index (Phi) is 13.1. The van der Waals surface area contributed by atoms with Crippen molar-refractivity contribution in [1.82, 2.24) is 0 Å². The van der Waals surface area contributed by atoms with Crippen molar-refractivity contribution in [1.29, 1.82) is 5.26 Å². The number of nitrogens with zero attached hydrogens (tertiary/aromatic N) is 1. The predicted octanol–water partition coefficient (Wildman–Crippen LogP) is 2.12. The molecule has 2 radical (unpaired) electrons. The third-order valence-electron chi connectivity index (χ3n) is 1.32. The van der Waals surface area contributed by atoms with Gasteiger partial charge in [-0.1, -0.05) is 32.1 Å². The Balaban J connectivity index is 0. The van der Waals surface area contributed by atoms with Crippen LogP contribution in [-0.2, 0) is 0 Å². The molecule has 52 valence electrons. The molecule has 0 bridgehead atoms. The van der Waals surface area contributed by atoms with E-state index < -0.39 is 0 Å². The number of hydrogen-bond donors (Lipinski definition) is 1. The second-order valence-electron chi connectivity index (χ2n) is 1.93. The van der Waals surface area contributed by atoms with E-state index in [-0.39, 0.29) is 5.48 Å². The quantitative estimate of drug-likeness (QED) is 0.532. The first kappa shape index (κ1) is 11.3. The molecule has 0 atom stereocenters. The highest BCUT2D eigenvalue weighted by atomic mass is 16.0. The van der Waals surface area contributed by atoms with E-state index in [0.717, 1.165) is 0 Å². The summed E-state index contributed by atoms with van der Waals surface area (Å²) in [6.07, 6.45) is 9.50. The van der Waals surface area contributed by atoms with Crippen LogP contribution < -0.4 is 0 Å². The van der Waals surface area contributed by atoms with Gasteiger partial charge in [-0.05, 0) is 6.42 Å². The first-order chi connectivity index (χ1) is 4.00. The zero-order chi connectivity index (χ0) is 6.24. The van der Waals surface area contributed by atoms with Crippen molar-refractivity contribution < 1.29 is 5.48 Å². The zero-order valence-electron chi connectivity index (χ0n) is 5.58. The van der Waals surface area contributed by atoms with E-state index in [4.69, 9.17) is 5.26 Å². The van der Waals surface area contributed by atoms with E-state index in [1.165, 1.54) is 32.1 Å². The SMILES string of the molecule is C#N.[CH]1CCCCC1.[OH]. The fourth-order valence-electron chi connectivity index (χ4n) is 0.898. The number of hydrogen-bond acceptors (Lipinski definition) is 1. The van der Waals surface area contributed by atoms with Crippen LogP contribution in [0.15, 0.2) is 0 Å². The van der Waals surface area contributed by atoms with Crippen molar-refractivity contribution in [2.75, 3.05) is 0 Å². The van der Waals surface area contributed by atoms with Crippen LogP contribution in [-0.4, -0.2) is 5.48 Å². The standard InChI is InChI=1S/C6H11.CHN.HO/c1-2-4-6-5-3-1;1-2;/h1H,2-6H2;1H;1H. The first-order valence-electron chi connectivity index (χ1n) is 3.07. The topological polar surface area (TPSA) is 53.8 Å². The first-order valence-corrected chi connectivity index (χ1v) is 3.07. The normalized spacial score (nSPS) is 16.2. The van der Waals surface area contributed by atoms with Gasteiger partial charge in [0.15, 0.2) is 0 Å². The third kappa shape index (κ3) is 7.45. The maximum absolute atomic E-state index is 6.50. The van der Waals surface area contributed by atoms with Crippen LogP contribution >= 0.6 is 0 Å². The summed E-state index contributed by atoms with van der Waals surface area (Å²) in [7, 11) is 0. The summed E-state index contributed by atoms with van der Waals surface area (Å²) in [6.45, 7) is 3.50. The summed E-state index contributed by atoms with van der Waals surface area (Å²) in [5.74, 6) is 0. The monoisotopic (exact) mass is 127 g/mol. The maximum atomic E-state index is 6.50. The lowest BCUT2D eigenvalue weighted by Crippen LogP contribution is -1.87. The molecule has 0 unspecified atom stereocenters. The molecule has 0 saturated heterocycles. The fraction of sp³-hybridized carbons (Fsp3) is 0.714. The van der Waals surface area contributed by atoms with Crippen LogP contribution in [0, 0.1) is 18.3 Å². The molecule has 0 spiro atoms. The van der Waals surface area contributed by atoms with E-state index in [2.05, 4.69) is 13.0 Å². The summed E-state index contributed by atoms with van der Waals surface area (Å²) in [4.78, 5) is 0. The summed E-state index contributed by atoms with van der Waals surface area (Å²) >= 11 is 0. The van der Waals surface area contributed by atoms with Gasteiger partial charge in [-0.15, -0.1) is 0 Å². The molecule has 0 heterocycles. The fourth-order valence-corrected chi connectivity index (χ4v) is 0.898. The summed E-state index contributed by atoms with van der Waals surface area (Å²) in [6, 6.07) is 0. The van der Waals surface area contributed by atoms with Gasteiger partial charge < -0.3 is 0 Å². The van der Waals surface area contributed by atoms with Crippen molar-refractivity contribution in [2.45, 2.75) is 32.1 Å². The van der Waals surface area contributed by atoms with Gasteiger partial charge >= 0.3 is 0 Å². The largest absolute Gasteiger partial charge is 0.255 e. The minimum absolute atomic E-state index is 0. The van der Waals surface area contributed by atoms with Crippen LogP contribution in [0.1, 0.15) is 32.1 Å². The smallest absolute Gasteiger partial charge is 0.0462 e. The van der Waals surface area contributed by atoms with Gasteiger partial charge in [0.05, 0.1) is 0 Å². The molecule has 9 heavy (non-hydrogen) atoms. The molecule has 0 aromatic rings. The summed E-state index contributed by atoms with van der Waals surface area (Å²) < 4.78 is 0. The Morgan fingerprint density at radius 1 is 1.00 bits per heavy atom. The Bertz CT molecular complexity index is 45.7. The van der Waals surface area contributed by atoms with Crippen molar-refractivity contribution in [3.8, 4) is 6.57 Å². The van der Waals surface area contributed by atoms with Gasteiger partial charge in [0.2, 0.25) is 0 Å². The van der Waals surface area contributed by atoms with E-state index in [9.17, 15) is 0 Å². The van der Waals surface area contributed by atoms with Crippen molar-refractivity contribution in [3.05, 3.63) is 6.42 Å². The molecule has 2 heteroatoms. The van der Waals surface area contributed by atoms with Gasteiger partial charge in [-0.25, -0.2) is 5.26 Å². The van der Waals surface area contributed by atoms with Crippen LogP contribution in [0.25, 0.3) is 0 Å². The lowest BCUT2D eigenvalue weighted by molar-refractivity contribution is 0.593. The lowest BCUT2D eigenvalue weighted by atomic mass is 10.0. The molecule has 1 saturated carbocycles. The Labute approximate surface area is 56.8 Å². The minimum Gasteiger partial charge on any atom is -0.255 e. The van der Waals surface area contributed by atoms with Crippen molar-refractivity contribution in [2.24, 2.45) is 0 Å². The van der Waals surface area contributed by atoms with E-state index >= 15 is 0 Å². The van der Waals surface area contributed by atoms with Crippen molar-refractivity contribution in [3.63, 3.8) is 0 Å². The Morgan fingerprint density at radius 3 is 1.56 bits per heavy atom. The molecular weight excluding hydrogens is 114 g/mol. The molecule has 1 aliphatic rings. The Hall–Kier alpha value is -0.550. The second-order valence-corrected chi connectivity index (χ2v) is 1.93. The number of nitriles is 1. The third-order valence-corrected chi connectivity index (χ3v) is 1.32. The molecular formula is C7H13NO. The van der Waals surface area contributed by atoms with Gasteiger partial charge in [0, 0.05) is 6.57 Å². The molecule has 0 amide bonds. The van der Waals surface area contributed by atoms with Gasteiger partial charge in [-0.2, -0.15) is 0 Å². The average molecular weight is 127 g/mol.